The Morgan fingerprint density at radius 1 is 0.958 bits per heavy atom. The van der Waals surface area contributed by atoms with E-state index in [1.807, 2.05) is 55.4 Å². The maximum absolute atomic E-state index is 5.97. The first-order valence-corrected chi connectivity index (χ1v) is 7.75. The number of anilines is 5. The summed E-state index contributed by atoms with van der Waals surface area (Å²) in [6.45, 7) is 0. The SMILES string of the molecule is CN(C)c1ccc(Nc2cnnc(Nc3cccc(Cl)c3)n2)cc1. The van der Waals surface area contributed by atoms with Crippen molar-refractivity contribution in [3.8, 4) is 0 Å². The number of hydrogen-bond donors (Lipinski definition) is 2. The molecule has 0 radical (unpaired) electrons. The summed E-state index contributed by atoms with van der Waals surface area (Å²) >= 11 is 5.97. The third kappa shape index (κ3) is 4.11. The van der Waals surface area contributed by atoms with Crippen LogP contribution in [0, 0.1) is 0 Å². The second kappa shape index (κ2) is 7.14. The molecule has 0 saturated heterocycles. The minimum Gasteiger partial charge on any atom is -0.378 e. The summed E-state index contributed by atoms with van der Waals surface area (Å²) in [5.74, 6) is 0.999. The van der Waals surface area contributed by atoms with Gasteiger partial charge in [-0.1, -0.05) is 17.7 Å². The van der Waals surface area contributed by atoms with Gasteiger partial charge in [0.1, 0.15) is 0 Å². The van der Waals surface area contributed by atoms with E-state index in [9.17, 15) is 0 Å². The van der Waals surface area contributed by atoms with E-state index in [1.165, 1.54) is 0 Å². The number of rotatable bonds is 5. The zero-order chi connectivity index (χ0) is 16.9. The van der Waals surface area contributed by atoms with Gasteiger partial charge < -0.3 is 15.5 Å². The third-order valence-electron chi connectivity index (χ3n) is 3.30. The van der Waals surface area contributed by atoms with Crippen molar-refractivity contribution in [2.45, 2.75) is 0 Å². The molecular weight excluding hydrogens is 324 g/mol. The Kier molecular flexibility index (Phi) is 4.77. The second-order valence-corrected chi connectivity index (χ2v) is 5.80. The normalized spacial score (nSPS) is 10.3. The summed E-state index contributed by atoms with van der Waals surface area (Å²) in [5, 5.41) is 14.9. The molecule has 3 aromatic rings. The van der Waals surface area contributed by atoms with Crippen molar-refractivity contribution in [1.82, 2.24) is 15.2 Å². The van der Waals surface area contributed by atoms with Crippen LogP contribution in [-0.4, -0.2) is 29.3 Å². The summed E-state index contributed by atoms with van der Waals surface area (Å²) in [6.07, 6.45) is 1.57. The Hall–Kier alpha value is -2.86. The Morgan fingerprint density at radius 2 is 1.75 bits per heavy atom. The van der Waals surface area contributed by atoms with Crippen molar-refractivity contribution >= 4 is 40.4 Å². The fourth-order valence-corrected chi connectivity index (χ4v) is 2.29. The minimum atomic E-state index is 0.396. The highest BCUT2D eigenvalue weighted by atomic mass is 35.5. The van der Waals surface area contributed by atoms with Crippen molar-refractivity contribution in [3.63, 3.8) is 0 Å². The highest BCUT2D eigenvalue weighted by Gasteiger charge is 2.03. The first kappa shape index (κ1) is 16.0. The zero-order valence-electron chi connectivity index (χ0n) is 13.4. The highest BCUT2D eigenvalue weighted by Crippen LogP contribution is 2.21. The number of nitrogens with zero attached hydrogens (tertiary/aromatic N) is 4. The molecule has 0 aliphatic rings. The van der Waals surface area contributed by atoms with Crippen LogP contribution in [0.25, 0.3) is 0 Å². The van der Waals surface area contributed by atoms with Gasteiger partial charge in [0.25, 0.3) is 0 Å². The van der Waals surface area contributed by atoms with Gasteiger partial charge in [0.15, 0.2) is 5.82 Å². The monoisotopic (exact) mass is 340 g/mol. The molecule has 122 valence electrons. The molecule has 0 bridgehead atoms. The molecule has 7 heteroatoms. The Bertz CT molecular complexity index is 819. The van der Waals surface area contributed by atoms with Crippen LogP contribution in [0.1, 0.15) is 0 Å². The molecule has 0 atom stereocenters. The van der Waals surface area contributed by atoms with Gasteiger partial charge in [-0.3, -0.25) is 0 Å². The van der Waals surface area contributed by atoms with Crippen molar-refractivity contribution in [3.05, 3.63) is 59.8 Å². The van der Waals surface area contributed by atoms with Gasteiger partial charge in [-0.2, -0.15) is 10.1 Å². The van der Waals surface area contributed by atoms with Gasteiger partial charge in [-0.05, 0) is 42.5 Å². The highest BCUT2D eigenvalue weighted by molar-refractivity contribution is 6.30. The summed E-state index contributed by atoms with van der Waals surface area (Å²) in [4.78, 5) is 6.45. The lowest BCUT2D eigenvalue weighted by Gasteiger charge is -2.13. The maximum Gasteiger partial charge on any atom is 0.249 e. The standard InChI is InChI=1S/C17H17ClN6/c1-24(2)15-8-6-13(7-9-15)20-16-11-19-23-17(22-16)21-14-5-3-4-12(18)10-14/h3-11H,1-2H3,(H2,20,21,22,23). The van der Waals surface area contributed by atoms with Crippen molar-refractivity contribution in [2.24, 2.45) is 0 Å². The number of aromatic nitrogens is 3. The quantitative estimate of drug-likeness (QED) is 0.729. The molecular formula is C17H17ClN6. The fraction of sp³-hybridized carbons (Fsp3) is 0.118. The van der Waals surface area contributed by atoms with Crippen LogP contribution in [0.4, 0.5) is 28.8 Å². The van der Waals surface area contributed by atoms with Gasteiger partial charge in [-0.25, -0.2) is 0 Å². The lowest BCUT2D eigenvalue weighted by Crippen LogP contribution is -2.08. The molecule has 2 N–H and O–H groups in total. The molecule has 0 saturated carbocycles. The summed E-state index contributed by atoms with van der Waals surface area (Å²) in [6, 6.07) is 15.4. The predicted molar refractivity (Wildman–Crippen MR) is 98.6 cm³/mol. The summed E-state index contributed by atoms with van der Waals surface area (Å²) in [7, 11) is 4.01. The first-order valence-electron chi connectivity index (χ1n) is 7.37. The largest absolute Gasteiger partial charge is 0.378 e. The zero-order valence-corrected chi connectivity index (χ0v) is 14.1. The average molecular weight is 341 g/mol. The van der Waals surface area contributed by atoms with E-state index < -0.39 is 0 Å². The van der Waals surface area contributed by atoms with Crippen LogP contribution in [-0.2, 0) is 0 Å². The maximum atomic E-state index is 5.97. The Balaban J connectivity index is 1.73. The number of halogens is 1. The fourth-order valence-electron chi connectivity index (χ4n) is 2.10. The first-order chi connectivity index (χ1) is 11.6. The molecule has 24 heavy (non-hydrogen) atoms. The van der Waals surface area contributed by atoms with Crippen molar-refractivity contribution in [1.29, 1.82) is 0 Å². The molecule has 2 aromatic carbocycles. The van der Waals surface area contributed by atoms with Crippen LogP contribution in [0.3, 0.4) is 0 Å². The van der Waals surface area contributed by atoms with E-state index in [-0.39, 0.29) is 0 Å². The van der Waals surface area contributed by atoms with Crippen LogP contribution in [0.15, 0.2) is 54.7 Å². The van der Waals surface area contributed by atoms with Crippen LogP contribution in [0.5, 0.6) is 0 Å². The molecule has 0 aliphatic heterocycles. The molecule has 6 nitrogen and oxygen atoms in total. The summed E-state index contributed by atoms with van der Waals surface area (Å²) in [5.41, 5.74) is 2.86. The lowest BCUT2D eigenvalue weighted by atomic mass is 10.2. The Morgan fingerprint density at radius 3 is 2.46 bits per heavy atom. The molecule has 0 amide bonds. The predicted octanol–water partition coefficient (Wildman–Crippen LogP) is 4.08. The molecule has 0 unspecified atom stereocenters. The number of nitrogens with one attached hydrogen (secondary N) is 2. The minimum absolute atomic E-state index is 0.396. The van der Waals surface area contributed by atoms with Gasteiger partial charge in [0, 0.05) is 36.2 Å². The molecule has 1 heterocycles. The van der Waals surface area contributed by atoms with Gasteiger partial charge in [0.05, 0.1) is 6.20 Å². The summed E-state index contributed by atoms with van der Waals surface area (Å²) < 4.78 is 0. The topological polar surface area (TPSA) is 66.0 Å². The van der Waals surface area contributed by atoms with Crippen molar-refractivity contribution < 1.29 is 0 Å². The molecule has 0 aliphatic carbocycles. The van der Waals surface area contributed by atoms with E-state index in [4.69, 9.17) is 11.6 Å². The van der Waals surface area contributed by atoms with Crippen LogP contribution < -0.4 is 15.5 Å². The number of hydrogen-bond acceptors (Lipinski definition) is 6. The molecule has 0 spiro atoms. The van der Waals surface area contributed by atoms with Crippen molar-refractivity contribution in [2.75, 3.05) is 29.6 Å². The van der Waals surface area contributed by atoms with E-state index >= 15 is 0 Å². The smallest absolute Gasteiger partial charge is 0.249 e. The van der Waals surface area contributed by atoms with Gasteiger partial charge in [-0.15, -0.1) is 5.10 Å². The van der Waals surface area contributed by atoms with E-state index in [1.54, 1.807) is 18.3 Å². The van der Waals surface area contributed by atoms with E-state index in [2.05, 4.69) is 25.8 Å². The third-order valence-corrected chi connectivity index (χ3v) is 3.53. The second-order valence-electron chi connectivity index (χ2n) is 5.37. The average Bonchev–Trinajstić information content (AvgIpc) is 2.56. The van der Waals surface area contributed by atoms with E-state index in [0.717, 1.165) is 17.1 Å². The van der Waals surface area contributed by atoms with Crippen LogP contribution >= 0.6 is 11.6 Å². The Labute approximate surface area is 145 Å². The lowest BCUT2D eigenvalue weighted by molar-refractivity contribution is 0.982. The van der Waals surface area contributed by atoms with Gasteiger partial charge >= 0.3 is 0 Å². The number of benzene rings is 2. The molecule has 0 fully saturated rings. The molecule has 3 rings (SSSR count). The van der Waals surface area contributed by atoms with Crippen LogP contribution in [0.2, 0.25) is 5.02 Å². The van der Waals surface area contributed by atoms with E-state index in [0.29, 0.717) is 16.8 Å². The van der Waals surface area contributed by atoms with Gasteiger partial charge in [0.2, 0.25) is 5.95 Å². The molecule has 1 aromatic heterocycles.